The summed E-state index contributed by atoms with van der Waals surface area (Å²) in [5, 5.41) is 22.5. The van der Waals surface area contributed by atoms with Crippen LogP contribution in [0.1, 0.15) is 31.7 Å². The van der Waals surface area contributed by atoms with Gasteiger partial charge >= 0.3 is 0 Å². The summed E-state index contributed by atoms with van der Waals surface area (Å²) in [5.41, 5.74) is 0.942. The van der Waals surface area contributed by atoms with Crippen molar-refractivity contribution >= 4 is 5.91 Å². The minimum atomic E-state index is -1.02. The van der Waals surface area contributed by atoms with Gasteiger partial charge in [-0.3, -0.25) is 4.79 Å². The second-order valence-corrected chi connectivity index (χ2v) is 6.86. The van der Waals surface area contributed by atoms with Crippen LogP contribution in [0.4, 0.5) is 0 Å². The predicted octanol–water partition coefficient (Wildman–Crippen LogP) is 0.914. The van der Waals surface area contributed by atoms with Crippen molar-refractivity contribution in [2.24, 2.45) is 0 Å². The van der Waals surface area contributed by atoms with Crippen LogP contribution in [0.5, 0.6) is 0 Å². The van der Waals surface area contributed by atoms with Gasteiger partial charge in [0.15, 0.2) is 6.29 Å². The molecule has 1 aromatic rings. The molecule has 1 aliphatic rings. The van der Waals surface area contributed by atoms with E-state index in [-0.39, 0.29) is 18.1 Å². The lowest BCUT2D eigenvalue weighted by atomic mass is 10.0. The molecular formula is C19H30N2O4. The largest absolute Gasteiger partial charge is 0.383 e. The second kappa shape index (κ2) is 9.87. The highest BCUT2D eigenvalue weighted by atomic mass is 16.6. The number of carbonyl (C=O) groups excluding carboxylic acids is 1. The van der Waals surface area contributed by atoms with Crippen molar-refractivity contribution in [3.8, 4) is 0 Å². The molecule has 2 rings (SSSR count). The fourth-order valence-electron chi connectivity index (χ4n) is 3.22. The number of aliphatic hydroxyl groups is 2. The lowest BCUT2D eigenvalue weighted by molar-refractivity contribution is -0.173. The van der Waals surface area contributed by atoms with Crippen LogP contribution < -0.4 is 5.32 Å². The molecular weight excluding hydrogens is 320 g/mol. The predicted molar refractivity (Wildman–Crippen MR) is 96.0 cm³/mol. The standard InChI is InChI=1S/C19H30N2O4/c1-14-11-16(13-18(23)25-14)21(2)10-6-9-20-19(24)17(22)12-15-7-4-3-5-8-15/h3-5,7-8,14,16-18,22-23H,6,9-13H2,1-2H3,(H,20,24)/t14-,16+,17+,18-/m1/s1. The summed E-state index contributed by atoms with van der Waals surface area (Å²) in [6.07, 6.45) is 0.977. The average Bonchev–Trinajstić information content (AvgIpc) is 2.58. The minimum Gasteiger partial charge on any atom is -0.383 e. The van der Waals surface area contributed by atoms with E-state index in [2.05, 4.69) is 10.2 Å². The zero-order valence-corrected chi connectivity index (χ0v) is 15.1. The Morgan fingerprint density at radius 3 is 2.76 bits per heavy atom. The summed E-state index contributed by atoms with van der Waals surface area (Å²) in [7, 11) is 2.03. The van der Waals surface area contributed by atoms with Crippen LogP contribution in [-0.2, 0) is 16.0 Å². The summed E-state index contributed by atoms with van der Waals surface area (Å²) >= 11 is 0. The van der Waals surface area contributed by atoms with Crippen LogP contribution in [0.3, 0.4) is 0 Å². The maximum absolute atomic E-state index is 12.0. The Morgan fingerprint density at radius 2 is 2.08 bits per heavy atom. The number of hydrogen-bond donors (Lipinski definition) is 3. The Hall–Kier alpha value is -1.47. The first-order chi connectivity index (χ1) is 12.0. The number of ether oxygens (including phenoxy) is 1. The fourth-order valence-corrected chi connectivity index (χ4v) is 3.22. The minimum absolute atomic E-state index is 0.0593. The molecule has 0 unspecified atom stereocenters. The molecule has 0 radical (unpaired) electrons. The van der Waals surface area contributed by atoms with E-state index in [1.54, 1.807) is 0 Å². The molecule has 0 aliphatic carbocycles. The highest BCUT2D eigenvalue weighted by Gasteiger charge is 2.28. The molecule has 0 saturated carbocycles. The molecule has 3 N–H and O–H groups in total. The normalized spacial score (nSPS) is 24.9. The van der Waals surface area contributed by atoms with E-state index in [1.807, 2.05) is 44.3 Å². The molecule has 25 heavy (non-hydrogen) atoms. The number of carbonyl (C=O) groups is 1. The van der Waals surface area contributed by atoms with E-state index in [1.165, 1.54) is 0 Å². The van der Waals surface area contributed by atoms with Crippen molar-refractivity contribution < 1.29 is 19.7 Å². The number of nitrogens with zero attached hydrogens (tertiary/aromatic N) is 1. The van der Waals surface area contributed by atoms with Crippen molar-refractivity contribution in [1.82, 2.24) is 10.2 Å². The van der Waals surface area contributed by atoms with Crippen LogP contribution in [0, 0.1) is 0 Å². The third kappa shape index (κ3) is 6.74. The van der Waals surface area contributed by atoms with Gasteiger partial charge in [0.2, 0.25) is 5.91 Å². The van der Waals surface area contributed by atoms with Crippen LogP contribution in [0.15, 0.2) is 30.3 Å². The molecule has 1 aromatic carbocycles. The van der Waals surface area contributed by atoms with Gasteiger partial charge < -0.3 is 25.2 Å². The molecule has 1 fully saturated rings. The van der Waals surface area contributed by atoms with Crippen LogP contribution in [0.25, 0.3) is 0 Å². The Labute approximate surface area is 149 Å². The summed E-state index contributed by atoms with van der Waals surface area (Å²) in [6.45, 7) is 3.31. The molecule has 0 bridgehead atoms. The third-order valence-corrected chi connectivity index (χ3v) is 4.65. The van der Waals surface area contributed by atoms with Crippen molar-refractivity contribution in [2.45, 2.75) is 57.1 Å². The molecule has 1 saturated heterocycles. The van der Waals surface area contributed by atoms with Crippen LogP contribution in [0.2, 0.25) is 0 Å². The monoisotopic (exact) mass is 350 g/mol. The van der Waals surface area contributed by atoms with Crippen LogP contribution in [-0.4, -0.2) is 65.7 Å². The Bertz CT molecular complexity index is 515. The lowest BCUT2D eigenvalue weighted by Crippen LogP contribution is -2.44. The summed E-state index contributed by atoms with van der Waals surface area (Å²) in [5.74, 6) is -0.332. The van der Waals surface area contributed by atoms with Gasteiger partial charge in [0, 0.05) is 25.4 Å². The van der Waals surface area contributed by atoms with Gasteiger partial charge in [0.05, 0.1) is 6.10 Å². The first kappa shape index (κ1) is 19.8. The maximum atomic E-state index is 12.0. The number of aliphatic hydroxyl groups excluding tert-OH is 2. The van der Waals surface area contributed by atoms with Gasteiger partial charge in [-0.15, -0.1) is 0 Å². The number of amides is 1. The highest BCUT2D eigenvalue weighted by Crippen LogP contribution is 2.21. The second-order valence-electron chi connectivity index (χ2n) is 6.86. The molecule has 140 valence electrons. The molecule has 0 spiro atoms. The van der Waals surface area contributed by atoms with Gasteiger partial charge in [-0.05, 0) is 38.9 Å². The van der Waals surface area contributed by atoms with Crippen molar-refractivity contribution in [3.63, 3.8) is 0 Å². The van der Waals surface area contributed by atoms with Gasteiger partial charge in [0.25, 0.3) is 0 Å². The zero-order valence-electron chi connectivity index (χ0n) is 15.1. The molecule has 6 nitrogen and oxygen atoms in total. The van der Waals surface area contributed by atoms with E-state index in [0.717, 1.165) is 24.9 Å². The maximum Gasteiger partial charge on any atom is 0.249 e. The highest BCUT2D eigenvalue weighted by molar-refractivity contribution is 5.80. The van der Waals surface area contributed by atoms with E-state index in [0.29, 0.717) is 19.4 Å². The Morgan fingerprint density at radius 1 is 1.36 bits per heavy atom. The number of benzene rings is 1. The smallest absolute Gasteiger partial charge is 0.249 e. The van der Waals surface area contributed by atoms with Gasteiger partial charge in [-0.25, -0.2) is 0 Å². The zero-order chi connectivity index (χ0) is 18.2. The van der Waals surface area contributed by atoms with Gasteiger partial charge in [0.1, 0.15) is 6.10 Å². The molecule has 4 atom stereocenters. The summed E-state index contributed by atoms with van der Waals surface area (Å²) in [6, 6.07) is 9.78. The first-order valence-electron chi connectivity index (χ1n) is 8.99. The topological polar surface area (TPSA) is 82.0 Å². The van der Waals surface area contributed by atoms with E-state index in [4.69, 9.17) is 4.74 Å². The van der Waals surface area contributed by atoms with Crippen molar-refractivity contribution in [3.05, 3.63) is 35.9 Å². The quantitative estimate of drug-likeness (QED) is 0.607. The van der Waals surface area contributed by atoms with E-state index < -0.39 is 12.4 Å². The molecule has 1 amide bonds. The molecule has 1 heterocycles. The van der Waals surface area contributed by atoms with Gasteiger partial charge in [-0.2, -0.15) is 0 Å². The summed E-state index contributed by atoms with van der Waals surface area (Å²) in [4.78, 5) is 14.2. The van der Waals surface area contributed by atoms with Gasteiger partial charge in [-0.1, -0.05) is 30.3 Å². The number of nitrogens with one attached hydrogen (secondary N) is 1. The fraction of sp³-hybridized carbons (Fsp3) is 0.632. The Balaban J connectivity index is 1.64. The Kier molecular flexibility index (Phi) is 7.84. The van der Waals surface area contributed by atoms with Crippen LogP contribution >= 0.6 is 0 Å². The van der Waals surface area contributed by atoms with Crippen molar-refractivity contribution in [1.29, 1.82) is 0 Å². The average molecular weight is 350 g/mol. The number of hydrogen-bond acceptors (Lipinski definition) is 5. The van der Waals surface area contributed by atoms with E-state index in [9.17, 15) is 15.0 Å². The summed E-state index contributed by atoms with van der Waals surface area (Å²) < 4.78 is 5.34. The van der Waals surface area contributed by atoms with E-state index >= 15 is 0 Å². The number of rotatable bonds is 8. The van der Waals surface area contributed by atoms with Crippen molar-refractivity contribution in [2.75, 3.05) is 20.1 Å². The molecule has 0 aromatic heterocycles. The lowest BCUT2D eigenvalue weighted by Gasteiger charge is -2.36. The SMILES string of the molecule is C[C@@H]1C[C@H](N(C)CCCNC(=O)[C@@H](O)Cc2ccccc2)C[C@H](O)O1. The molecule has 1 aliphatic heterocycles. The third-order valence-electron chi connectivity index (χ3n) is 4.65. The first-order valence-corrected chi connectivity index (χ1v) is 8.99. The molecule has 6 heteroatoms.